The van der Waals surface area contributed by atoms with Crippen LogP contribution in [0.5, 0.6) is 11.5 Å². The summed E-state index contributed by atoms with van der Waals surface area (Å²) in [5.74, 6) is 1.09. The number of hydrogen-bond donors (Lipinski definition) is 1. The Morgan fingerprint density at radius 3 is 2.47 bits per heavy atom. The quantitative estimate of drug-likeness (QED) is 0.414. The van der Waals surface area contributed by atoms with Crippen molar-refractivity contribution in [2.24, 2.45) is 0 Å². The zero-order valence-electron chi connectivity index (χ0n) is 17.2. The molecule has 0 radical (unpaired) electrons. The van der Waals surface area contributed by atoms with Crippen molar-refractivity contribution in [2.75, 3.05) is 19.5 Å². The largest absolute Gasteiger partial charge is 0.497 e. The molecule has 4 nitrogen and oxygen atoms in total. The number of hydrogen-bond acceptors (Lipinski definition) is 4. The zero-order chi connectivity index (χ0) is 21.1. The van der Waals surface area contributed by atoms with Gasteiger partial charge >= 0.3 is 0 Å². The van der Waals surface area contributed by atoms with Crippen LogP contribution in [-0.4, -0.2) is 20.1 Å². The number of amides is 1. The molecule has 0 unspecified atom stereocenters. The van der Waals surface area contributed by atoms with Crippen LogP contribution < -0.4 is 14.8 Å². The average molecular weight is 418 g/mol. The predicted molar refractivity (Wildman–Crippen MR) is 123 cm³/mol. The number of benzene rings is 3. The molecule has 0 aliphatic carbocycles. The van der Waals surface area contributed by atoms with Crippen LogP contribution in [0.1, 0.15) is 26.4 Å². The number of aryl methyl sites for hydroxylation is 1. The molecule has 4 rings (SSSR count). The third-order valence-electron chi connectivity index (χ3n) is 5.06. The molecule has 0 aliphatic heterocycles. The lowest BCUT2D eigenvalue weighted by atomic mass is 10.0. The summed E-state index contributed by atoms with van der Waals surface area (Å²) in [5, 5.41) is 4.13. The summed E-state index contributed by atoms with van der Waals surface area (Å²) in [6, 6.07) is 22.0. The molecule has 0 spiro atoms. The number of thiophene rings is 1. The highest BCUT2D eigenvalue weighted by atomic mass is 32.1. The van der Waals surface area contributed by atoms with Gasteiger partial charge in [0.2, 0.25) is 0 Å². The van der Waals surface area contributed by atoms with E-state index < -0.39 is 0 Å². The van der Waals surface area contributed by atoms with Crippen molar-refractivity contribution in [1.29, 1.82) is 0 Å². The minimum absolute atomic E-state index is 0.148. The van der Waals surface area contributed by atoms with Crippen LogP contribution in [0.4, 0.5) is 5.69 Å². The van der Waals surface area contributed by atoms with E-state index in [2.05, 4.69) is 48.6 Å². The van der Waals surface area contributed by atoms with Gasteiger partial charge in [-0.25, -0.2) is 0 Å². The standard InChI is InChI=1S/C25H23NO3S/c1-16-8-10-17(11-9-16)14-20-19-6-4-5-7-23(19)30-24(20)25(27)26-21-15-18(28-2)12-13-22(21)29-3/h4-13,15H,14H2,1-3H3,(H,26,27). The second-order valence-electron chi connectivity index (χ2n) is 7.09. The SMILES string of the molecule is COc1ccc(OC)c(NC(=O)c2sc3ccccc3c2Cc2ccc(C)cc2)c1. The van der Waals surface area contributed by atoms with E-state index in [1.54, 1.807) is 32.4 Å². The fourth-order valence-electron chi connectivity index (χ4n) is 3.46. The summed E-state index contributed by atoms with van der Waals surface area (Å²) >= 11 is 1.51. The van der Waals surface area contributed by atoms with Crippen LogP contribution in [0.2, 0.25) is 0 Å². The highest BCUT2D eigenvalue weighted by Gasteiger charge is 2.20. The summed E-state index contributed by atoms with van der Waals surface area (Å²) in [6.45, 7) is 2.07. The van der Waals surface area contributed by atoms with Gasteiger partial charge in [0, 0.05) is 10.8 Å². The maximum Gasteiger partial charge on any atom is 0.266 e. The van der Waals surface area contributed by atoms with E-state index in [9.17, 15) is 4.79 Å². The summed E-state index contributed by atoms with van der Waals surface area (Å²) in [6.07, 6.45) is 0.697. The van der Waals surface area contributed by atoms with Gasteiger partial charge in [0.15, 0.2) is 0 Å². The van der Waals surface area contributed by atoms with Gasteiger partial charge in [-0.05, 0) is 48.1 Å². The topological polar surface area (TPSA) is 47.6 Å². The molecule has 3 aromatic carbocycles. The summed E-state index contributed by atoms with van der Waals surface area (Å²) in [7, 11) is 3.18. The average Bonchev–Trinajstić information content (AvgIpc) is 3.14. The van der Waals surface area contributed by atoms with Gasteiger partial charge < -0.3 is 14.8 Å². The maximum atomic E-state index is 13.3. The summed E-state index contributed by atoms with van der Waals surface area (Å²) < 4.78 is 11.8. The Morgan fingerprint density at radius 2 is 1.73 bits per heavy atom. The van der Waals surface area contributed by atoms with Crippen molar-refractivity contribution in [2.45, 2.75) is 13.3 Å². The lowest BCUT2D eigenvalue weighted by Gasteiger charge is -2.12. The van der Waals surface area contributed by atoms with Crippen LogP contribution in [-0.2, 0) is 6.42 Å². The third-order valence-corrected chi connectivity index (χ3v) is 6.27. The van der Waals surface area contributed by atoms with Crippen LogP contribution in [0.25, 0.3) is 10.1 Å². The Kier molecular flexibility index (Phi) is 5.72. The second-order valence-corrected chi connectivity index (χ2v) is 8.14. The Bertz CT molecular complexity index is 1190. The molecule has 0 saturated heterocycles. The smallest absolute Gasteiger partial charge is 0.266 e. The molecule has 30 heavy (non-hydrogen) atoms. The maximum absolute atomic E-state index is 13.3. The molecule has 0 fully saturated rings. The minimum atomic E-state index is -0.148. The first-order valence-electron chi connectivity index (χ1n) is 9.68. The van der Waals surface area contributed by atoms with Crippen molar-refractivity contribution in [3.63, 3.8) is 0 Å². The van der Waals surface area contributed by atoms with Crippen LogP contribution in [0.15, 0.2) is 66.7 Å². The van der Waals surface area contributed by atoms with Crippen molar-refractivity contribution in [3.05, 3.63) is 88.3 Å². The number of fused-ring (bicyclic) bond motifs is 1. The molecule has 0 atom stereocenters. The van der Waals surface area contributed by atoms with Crippen molar-refractivity contribution in [1.82, 2.24) is 0 Å². The number of anilines is 1. The molecule has 4 aromatic rings. The van der Waals surface area contributed by atoms with Crippen LogP contribution in [0, 0.1) is 6.92 Å². The molecular formula is C25H23NO3S. The molecular weight excluding hydrogens is 394 g/mol. The Balaban J connectivity index is 1.73. The molecule has 5 heteroatoms. The summed E-state index contributed by atoms with van der Waals surface area (Å²) in [5.41, 5.74) is 4.02. The molecule has 1 aromatic heterocycles. The number of carbonyl (C=O) groups is 1. The van der Waals surface area contributed by atoms with Crippen molar-refractivity contribution in [3.8, 4) is 11.5 Å². The molecule has 1 heterocycles. The van der Waals surface area contributed by atoms with E-state index in [1.165, 1.54) is 22.5 Å². The third kappa shape index (κ3) is 4.02. The first-order chi connectivity index (χ1) is 14.6. The number of methoxy groups -OCH3 is 2. The predicted octanol–water partition coefficient (Wildman–Crippen LogP) is 6.07. The van der Waals surface area contributed by atoms with Crippen molar-refractivity contribution >= 4 is 33.0 Å². The Morgan fingerprint density at radius 1 is 0.967 bits per heavy atom. The van der Waals surface area contributed by atoms with Gasteiger partial charge in [0.1, 0.15) is 11.5 Å². The van der Waals surface area contributed by atoms with E-state index in [-0.39, 0.29) is 5.91 Å². The Hall–Kier alpha value is -3.31. The normalized spacial score (nSPS) is 10.8. The molecule has 1 amide bonds. The van der Waals surface area contributed by atoms with E-state index in [0.717, 1.165) is 15.6 Å². The Labute approximate surface area is 180 Å². The van der Waals surface area contributed by atoms with Gasteiger partial charge in [-0.2, -0.15) is 0 Å². The summed E-state index contributed by atoms with van der Waals surface area (Å²) in [4.78, 5) is 14.0. The van der Waals surface area contributed by atoms with E-state index in [0.29, 0.717) is 28.5 Å². The van der Waals surface area contributed by atoms with Gasteiger partial charge in [-0.3, -0.25) is 4.79 Å². The van der Waals surface area contributed by atoms with Gasteiger partial charge in [0.05, 0.1) is 24.8 Å². The highest BCUT2D eigenvalue weighted by Crippen LogP contribution is 2.35. The van der Waals surface area contributed by atoms with Crippen molar-refractivity contribution < 1.29 is 14.3 Å². The molecule has 0 aliphatic rings. The van der Waals surface area contributed by atoms with E-state index in [1.807, 2.05) is 12.1 Å². The first kappa shape index (κ1) is 20.0. The van der Waals surface area contributed by atoms with Crippen LogP contribution in [0.3, 0.4) is 0 Å². The van der Waals surface area contributed by atoms with Gasteiger partial charge in [-0.1, -0.05) is 48.0 Å². The fraction of sp³-hybridized carbons (Fsp3) is 0.160. The second kappa shape index (κ2) is 8.59. The monoisotopic (exact) mass is 417 g/mol. The number of carbonyl (C=O) groups excluding carboxylic acids is 1. The molecule has 152 valence electrons. The van der Waals surface area contributed by atoms with Gasteiger partial charge in [0.25, 0.3) is 5.91 Å². The number of ether oxygens (including phenoxy) is 2. The van der Waals surface area contributed by atoms with E-state index in [4.69, 9.17) is 9.47 Å². The molecule has 1 N–H and O–H groups in total. The van der Waals surface area contributed by atoms with E-state index >= 15 is 0 Å². The number of rotatable bonds is 6. The zero-order valence-corrected chi connectivity index (χ0v) is 18.0. The van der Waals surface area contributed by atoms with Gasteiger partial charge in [-0.15, -0.1) is 11.3 Å². The lowest BCUT2D eigenvalue weighted by Crippen LogP contribution is -2.13. The van der Waals surface area contributed by atoms with Crippen LogP contribution >= 0.6 is 11.3 Å². The molecule has 0 bridgehead atoms. The minimum Gasteiger partial charge on any atom is -0.497 e. The first-order valence-corrected chi connectivity index (χ1v) is 10.5. The fourth-order valence-corrected chi connectivity index (χ4v) is 4.58. The molecule has 0 saturated carbocycles. The number of nitrogens with one attached hydrogen (secondary N) is 1. The lowest BCUT2D eigenvalue weighted by molar-refractivity contribution is 0.102. The highest BCUT2D eigenvalue weighted by molar-refractivity contribution is 7.21.